The summed E-state index contributed by atoms with van der Waals surface area (Å²) in [5.41, 5.74) is 0.751. The van der Waals surface area contributed by atoms with Crippen LogP contribution in [0.4, 0.5) is 5.69 Å². The topological polar surface area (TPSA) is 37.4 Å². The second-order valence-corrected chi connectivity index (χ2v) is 8.18. The Morgan fingerprint density at radius 3 is 2.08 bits per heavy atom. The van der Waals surface area contributed by atoms with Crippen molar-refractivity contribution in [3.63, 3.8) is 0 Å². The molecule has 0 radical (unpaired) electrons. The predicted molar refractivity (Wildman–Crippen MR) is 97.4 cm³/mol. The van der Waals surface area contributed by atoms with Gasteiger partial charge in [0.15, 0.2) is 0 Å². The van der Waals surface area contributed by atoms with Gasteiger partial charge in [0.2, 0.25) is 11.8 Å². The average molecular weight is 425 g/mol. The zero-order valence-electron chi connectivity index (χ0n) is 12.6. The zero-order chi connectivity index (χ0) is 17.2. The number of nitrogens with zero attached hydrogens (tertiary/aromatic N) is 1. The molecule has 24 heavy (non-hydrogen) atoms. The van der Waals surface area contributed by atoms with E-state index in [1.54, 1.807) is 18.2 Å². The molecule has 3 nitrogen and oxygen atoms in total. The monoisotopic (exact) mass is 423 g/mol. The highest BCUT2D eigenvalue weighted by molar-refractivity contribution is 9.10. The molecular weight excluding hydrogens is 413 g/mol. The number of amides is 2. The summed E-state index contributed by atoms with van der Waals surface area (Å²) in [4.78, 5) is 27.0. The van der Waals surface area contributed by atoms with Gasteiger partial charge in [-0.25, -0.2) is 4.90 Å². The van der Waals surface area contributed by atoms with Gasteiger partial charge in [0.1, 0.15) is 0 Å². The number of fused-ring (bicyclic) bond motifs is 1. The molecule has 0 spiro atoms. The third-order valence-electron chi connectivity index (χ3n) is 5.00. The predicted octanol–water partition coefficient (Wildman–Crippen LogP) is 5.05. The molecule has 1 heterocycles. The van der Waals surface area contributed by atoms with Crippen LogP contribution < -0.4 is 4.90 Å². The third-order valence-corrected chi connectivity index (χ3v) is 5.97. The van der Waals surface area contributed by atoms with E-state index in [1.807, 2.05) is 31.2 Å². The molecule has 2 aromatic carbocycles. The summed E-state index contributed by atoms with van der Waals surface area (Å²) < 4.78 is 0.968. The van der Waals surface area contributed by atoms with Gasteiger partial charge in [0, 0.05) is 20.4 Å². The maximum Gasteiger partial charge on any atom is 0.241 e. The van der Waals surface area contributed by atoms with Gasteiger partial charge >= 0.3 is 0 Å². The Bertz CT molecular complexity index is 863. The maximum atomic E-state index is 13.0. The largest absolute Gasteiger partial charge is 0.274 e. The smallest absolute Gasteiger partial charge is 0.241 e. The van der Waals surface area contributed by atoms with Crippen LogP contribution >= 0.6 is 39.1 Å². The first-order valence-corrected chi connectivity index (χ1v) is 8.99. The minimum atomic E-state index is -0.695. The van der Waals surface area contributed by atoms with Gasteiger partial charge in [-0.1, -0.05) is 51.3 Å². The quantitative estimate of drug-likeness (QED) is 0.632. The van der Waals surface area contributed by atoms with Crippen molar-refractivity contribution < 1.29 is 9.59 Å². The molecule has 122 valence electrons. The Morgan fingerprint density at radius 2 is 1.58 bits per heavy atom. The molecule has 2 aliphatic rings. The Morgan fingerprint density at radius 1 is 1.00 bits per heavy atom. The fraction of sp³-hybridized carbons (Fsp3) is 0.222. The number of carbonyl (C=O) groups excluding carboxylic acids is 2. The van der Waals surface area contributed by atoms with Gasteiger partial charge in [-0.05, 0) is 42.8 Å². The third kappa shape index (κ3) is 2.17. The summed E-state index contributed by atoms with van der Waals surface area (Å²) in [6.45, 7) is 1.86. The number of hydrogen-bond acceptors (Lipinski definition) is 2. The molecule has 3 atom stereocenters. The summed E-state index contributed by atoms with van der Waals surface area (Å²) in [6.07, 6.45) is 0. The Hall–Kier alpha value is -1.36. The molecule has 0 aromatic heterocycles. The molecule has 2 fully saturated rings. The van der Waals surface area contributed by atoms with Crippen molar-refractivity contribution in [2.75, 3.05) is 4.90 Å². The molecule has 1 aliphatic heterocycles. The van der Waals surface area contributed by atoms with E-state index in [9.17, 15) is 9.59 Å². The SMILES string of the molecule is C[C@]12C(=O)N(c3cc(Cl)cc(Cl)c3)C(=O)C1C2c1ccc(Br)cc1. The van der Waals surface area contributed by atoms with Crippen molar-refractivity contribution in [2.45, 2.75) is 12.8 Å². The standard InChI is InChI=1S/C18H12BrCl2NO2/c1-18-14(9-2-4-10(19)5-3-9)15(18)16(23)22(17(18)24)13-7-11(20)6-12(21)8-13/h2-8,14-15H,1H3/t14?,15?,18-/m1/s1. The zero-order valence-corrected chi connectivity index (χ0v) is 15.7. The summed E-state index contributed by atoms with van der Waals surface area (Å²) >= 11 is 15.4. The Balaban J connectivity index is 1.70. The van der Waals surface area contributed by atoms with Crippen molar-refractivity contribution in [3.8, 4) is 0 Å². The first kappa shape index (κ1) is 16.1. The molecule has 0 bridgehead atoms. The summed E-state index contributed by atoms with van der Waals surface area (Å²) in [5, 5.41) is 0.793. The van der Waals surface area contributed by atoms with E-state index < -0.39 is 5.41 Å². The normalized spacial score (nSPS) is 28.2. The van der Waals surface area contributed by atoms with Gasteiger partial charge < -0.3 is 0 Å². The second-order valence-electron chi connectivity index (χ2n) is 6.40. The van der Waals surface area contributed by atoms with E-state index in [0.29, 0.717) is 15.7 Å². The molecule has 0 N–H and O–H groups in total. The van der Waals surface area contributed by atoms with E-state index in [-0.39, 0.29) is 23.7 Å². The molecule has 6 heteroatoms. The maximum absolute atomic E-state index is 13.0. The van der Waals surface area contributed by atoms with Crippen LogP contribution in [-0.4, -0.2) is 11.8 Å². The van der Waals surface area contributed by atoms with Crippen LogP contribution in [0.3, 0.4) is 0 Å². The number of carbonyl (C=O) groups is 2. The molecule has 1 saturated carbocycles. The summed E-state index contributed by atoms with van der Waals surface area (Å²) in [5.74, 6) is -0.780. The van der Waals surface area contributed by atoms with Crippen LogP contribution in [0, 0.1) is 11.3 Å². The lowest BCUT2D eigenvalue weighted by atomic mass is 10.00. The van der Waals surface area contributed by atoms with Crippen LogP contribution in [-0.2, 0) is 9.59 Å². The Labute approximate surface area is 157 Å². The fourth-order valence-corrected chi connectivity index (χ4v) is 4.56. The van der Waals surface area contributed by atoms with Crippen molar-refractivity contribution >= 4 is 56.6 Å². The summed E-state index contributed by atoms with van der Waals surface area (Å²) in [6, 6.07) is 12.5. The van der Waals surface area contributed by atoms with Gasteiger partial charge in [-0.3, -0.25) is 9.59 Å². The van der Waals surface area contributed by atoms with Crippen LogP contribution in [0.25, 0.3) is 0 Å². The fourth-order valence-electron chi connectivity index (χ4n) is 3.78. The van der Waals surface area contributed by atoms with E-state index in [1.165, 1.54) is 4.90 Å². The second kappa shape index (κ2) is 5.32. The van der Waals surface area contributed by atoms with Gasteiger partial charge in [0.05, 0.1) is 17.0 Å². The number of hydrogen-bond donors (Lipinski definition) is 0. The number of benzene rings is 2. The molecule has 2 aromatic rings. The lowest BCUT2D eigenvalue weighted by Gasteiger charge is -2.21. The van der Waals surface area contributed by atoms with Crippen molar-refractivity contribution in [1.82, 2.24) is 0 Å². The average Bonchev–Trinajstić information content (AvgIpc) is 3.08. The lowest BCUT2D eigenvalue weighted by molar-refractivity contribution is -0.125. The highest BCUT2D eigenvalue weighted by Crippen LogP contribution is 2.69. The highest BCUT2D eigenvalue weighted by atomic mass is 79.9. The van der Waals surface area contributed by atoms with Gasteiger partial charge in [-0.2, -0.15) is 0 Å². The number of anilines is 1. The van der Waals surface area contributed by atoms with Crippen LogP contribution in [0.2, 0.25) is 10.0 Å². The highest BCUT2D eigenvalue weighted by Gasteiger charge is 2.76. The molecular formula is C18H12BrCl2NO2. The molecule has 2 amide bonds. The van der Waals surface area contributed by atoms with Crippen LogP contribution in [0.15, 0.2) is 46.9 Å². The van der Waals surface area contributed by atoms with Crippen molar-refractivity contribution in [2.24, 2.45) is 11.3 Å². The van der Waals surface area contributed by atoms with E-state index >= 15 is 0 Å². The van der Waals surface area contributed by atoms with Crippen molar-refractivity contribution in [3.05, 3.63) is 62.5 Å². The number of imide groups is 1. The van der Waals surface area contributed by atoms with Crippen LogP contribution in [0.5, 0.6) is 0 Å². The van der Waals surface area contributed by atoms with Gasteiger partial charge in [-0.15, -0.1) is 0 Å². The molecule has 4 rings (SSSR count). The molecule has 1 aliphatic carbocycles. The number of halogens is 3. The van der Waals surface area contributed by atoms with Crippen LogP contribution in [0.1, 0.15) is 18.4 Å². The first-order chi connectivity index (χ1) is 11.3. The van der Waals surface area contributed by atoms with E-state index in [0.717, 1.165) is 10.0 Å². The van der Waals surface area contributed by atoms with Gasteiger partial charge in [0.25, 0.3) is 0 Å². The Kier molecular flexibility index (Phi) is 3.57. The number of rotatable bonds is 2. The minimum absolute atomic E-state index is 0.0727. The summed E-state index contributed by atoms with van der Waals surface area (Å²) in [7, 11) is 0. The molecule has 2 unspecified atom stereocenters. The van der Waals surface area contributed by atoms with E-state index in [4.69, 9.17) is 23.2 Å². The first-order valence-electron chi connectivity index (χ1n) is 7.44. The number of piperidine rings is 1. The molecule has 1 saturated heterocycles. The minimum Gasteiger partial charge on any atom is -0.274 e. The van der Waals surface area contributed by atoms with E-state index in [2.05, 4.69) is 15.9 Å². The van der Waals surface area contributed by atoms with Crippen molar-refractivity contribution in [1.29, 1.82) is 0 Å². The lowest BCUT2D eigenvalue weighted by Crippen LogP contribution is -2.36.